The monoisotopic (exact) mass is 279 g/mol. The number of thiazole rings is 1. The quantitative estimate of drug-likeness (QED) is 0.911. The number of hydrogen-bond acceptors (Lipinski definition) is 5. The minimum absolute atomic E-state index is 0.0643. The Hall–Kier alpha value is -2.08. The molecule has 5 nitrogen and oxygen atoms in total. The summed E-state index contributed by atoms with van der Waals surface area (Å²) in [5.41, 5.74) is 1.66. The van der Waals surface area contributed by atoms with Gasteiger partial charge in [-0.25, -0.2) is 9.78 Å². The molecule has 0 unspecified atom stereocenters. The van der Waals surface area contributed by atoms with E-state index in [0.29, 0.717) is 17.2 Å². The number of carbonyl (C=O) groups is 1. The number of carboxylic acid groups (broad SMARTS) is 1. The van der Waals surface area contributed by atoms with Crippen molar-refractivity contribution in [2.24, 2.45) is 0 Å². The lowest BCUT2D eigenvalue weighted by Gasteiger charge is -2.10. The lowest BCUT2D eigenvalue weighted by atomic mass is 10.2. The molecule has 1 N–H and O–H groups in total. The molecule has 0 saturated heterocycles. The molecule has 0 aliphatic rings. The Kier molecular flexibility index (Phi) is 4.01. The highest BCUT2D eigenvalue weighted by Gasteiger charge is 2.10. The normalized spacial score (nSPS) is 10.2. The van der Waals surface area contributed by atoms with E-state index in [4.69, 9.17) is 14.6 Å². The molecule has 2 aromatic rings. The second-order valence-electron chi connectivity index (χ2n) is 3.89. The van der Waals surface area contributed by atoms with Crippen molar-refractivity contribution >= 4 is 17.3 Å². The summed E-state index contributed by atoms with van der Waals surface area (Å²) in [6, 6.07) is 5.61. The zero-order chi connectivity index (χ0) is 13.8. The fourth-order valence-corrected chi connectivity index (χ4v) is 2.16. The maximum absolute atomic E-state index is 10.7. The number of benzene rings is 1. The van der Waals surface area contributed by atoms with Crippen LogP contribution in [0.3, 0.4) is 0 Å². The summed E-state index contributed by atoms with van der Waals surface area (Å²) < 4.78 is 10.8. The average Bonchev–Trinajstić information content (AvgIpc) is 2.86. The van der Waals surface area contributed by atoms with Crippen LogP contribution in [-0.2, 0) is 6.61 Å². The molecule has 0 bridgehead atoms. The van der Waals surface area contributed by atoms with Crippen molar-refractivity contribution in [3.05, 3.63) is 39.8 Å². The maximum atomic E-state index is 10.7. The Morgan fingerprint density at radius 1 is 1.42 bits per heavy atom. The van der Waals surface area contributed by atoms with E-state index in [2.05, 4.69) is 4.98 Å². The van der Waals surface area contributed by atoms with Crippen molar-refractivity contribution in [3.8, 4) is 11.5 Å². The van der Waals surface area contributed by atoms with Gasteiger partial charge in [0.2, 0.25) is 5.01 Å². The molecule has 0 amide bonds. The van der Waals surface area contributed by atoms with E-state index < -0.39 is 5.97 Å². The van der Waals surface area contributed by atoms with Crippen molar-refractivity contribution in [1.29, 1.82) is 0 Å². The third-order valence-corrected chi connectivity index (χ3v) is 3.31. The summed E-state index contributed by atoms with van der Waals surface area (Å²) in [4.78, 5) is 14.7. The highest BCUT2D eigenvalue weighted by atomic mass is 32.1. The standard InChI is InChI=1S/C13H13NO4S/c1-8-3-4-10(11(5-8)17-2)18-6-9-7-19-12(14-9)13(15)16/h3-5,7H,6H2,1-2H3,(H,15,16). The molecule has 100 valence electrons. The first kappa shape index (κ1) is 13.4. The predicted molar refractivity (Wildman–Crippen MR) is 71.1 cm³/mol. The topological polar surface area (TPSA) is 68.7 Å². The van der Waals surface area contributed by atoms with E-state index in [1.165, 1.54) is 0 Å². The number of methoxy groups -OCH3 is 1. The number of nitrogens with zero attached hydrogens (tertiary/aromatic N) is 1. The number of aryl methyl sites for hydroxylation is 1. The Morgan fingerprint density at radius 2 is 2.21 bits per heavy atom. The summed E-state index contributed by atoms with van der Waals surface area (Å²) in [6.45, 7) is 2.18. The second-order valence-corrected chi connectivity index (χ2v) is 4.75. The van der Waals surface area contributed by atoms with Crippen LogP contribution in [0, 0.1) is 6.92 Å². The summed E-state index contributed by atoms with van der Waals surface area (Å²) >= 11 is 1.08. The lowest BCUT2D eigenvalue weighted by Crippen LogP contribution is -2.00. The van der Waals surface area contributed by atoms with Crippen LogP contribution in [-0.4, -0.2) is 23.2 Å². The first-order chi connectivity index (χ1) is 9.10. The molecule has 1 heterocycles. The Bertz CT molecular complexity index is 594. The predicted octanol–water partition coefficient (Wildman–Crippen LogP) is 2.74. The third kappa shape index (κ3) is 3.23. The number of hydrogen-bond donors (Lipinski definition) is 1. The third-order valence-electron chi connectivity index (χ3n) is 2.43. The minimum Gasteiger partial charge on any atom is -0.493 e. The molecular formula is C13H13NO4S. The van der Waals surface area contributed by atoms with Gasteiger partial charge in [0.1, 0.15) is 6.61 Å². The van der Waals surface area contributed by atoms with Crippen LogP contribution in [0.1, 0.15) is 21.1 Å². The van der Waals surface area contributed by atoms with E-state index in [0.717, 1.165) is 16.9 Å². The van der Waals surface area contributed by atoms with Gasteiger partial charge in [-0.3, -0.25) is 0 Å². The zero-order valence-electron chi connectivity index (χ0n) is 10.5. The summed E-state index contributed by atoms with van der Waals surface area (Å²) in [7, 11) is 1.58. The van der Waals surface area contributed by atoms with E-state index in [1.807, 2.05) is 25.1 Å². The SMILES string of the molecule is COc1cc(C)ccc1OCc1csc(C(=O)O)n1. The Labute approximate surface area is 114 Å². The molecule has 0 aliphatic carbocycles. The van der Waals surface area contributed by atoms with Crippen molar-refractivity contribution in [2.75, 3.05) is 7.11 Å². The van der Waals surface area contributed by atoms with Gasteiger partial charge in [0.25, 0.3) is 0 Å². The number of aromatic carboxylic acids is 1. The molecule has 2 rings (SSSR count). The van der Waals surface area contributed by atoms with Crippen molar-refractivity contribution < 1.29 is 19.4 Å². The van der Waals surface area contributed by atoms with E-state index in [-0.39, 0.29) is 11.6 Å². The highest BCUT2D eigenvalue weighted by Crippen LogP contribution is 2.28. The molecule has 0 saturated carbocycles. The fraction of sp³-hybridized carbons (Fsp3) is 0.231. The Balaban J connectivity index is 2.07. The second kappa shape index (κ2) is 5.71. The van der Waals surface area contributed by atoms with Crippen molar-refractivity contribution in [2.45, 2.75) is 13.5 Å². The largest absolute Gasteiger partial charge is 0.493 e. The van der Waals surface area contributed by atoms with Gasteiger partial charge in [-0.15, -0.1) is 11.3 Å². The van der Waals surface area contributed by atoms with Gasteiger partial charge in [0, 0.05) is 5.38 Å². The van der Waals surface area contributed by atoms with Gasteiger partial charge in [-0.2, -0.15) is 0 Å². The molecule has 0 aliphatic heterocycles. The molecule has 0 spiro atoms. The van der Waals surface area contributed by atoms with Crippen molar-refractivity contribution in [1.82, 2.24) is 4.98 Å². The van der Waals surface area contributed by atoms with Crippen LogP contribution in [0.25, 0.3) is 0 Å². The molecule has 6 heteroatoms. The molecule has 1 aromatic carbocycles. The summed E-state index contributed by atoms with van der Waals surface area (Å²) in [5.74, 6) is 0.232. The fourth-order valence-electron chi connectivity index (χ4n) is 1.52. The Morgan fingerprint density at radius 3 is 2.84 bits per heavy atom. The molecule has 0 atom stereocenters. The summed E-state index contributed by atoms with van der Waals surface area (Å²) in [5, 5.41) is 10.5. The van der Waals surface area contributed by atoms with E-state index >= 15 is 0 Å². The average molecular weight is 279 g/mol. The van der Waals surface area contributed by atoms with Crippen LogP contribution in [0.4, 0.5) is 0 Å². The highest BCUT2D eigenvalue weighted by molar-refractivity contribution is 7.11. The number of carboxylic acids is 1. The van der Waals surface area contributed by atoms with Gasteiger partial charge >= 0.3 is 5.97 Å². The van der Waals surface area contributed by atoms with Gasteiger partial charge in [-0.05, 0) is 24.6 Å². The molecule has 0 fully saturated rings. The van der Waals surface area contributed by atoms with Crippen LogP contribution in [0.15, 0.2) is 23.6 Å². The lowest BCUT2D eigenvalue weighted by molar-refractivity contribution is 0.0696. The minimum atomic E-state index is -1.02. The first-order valence-electron chi connectivity index (χ1n) is 5.55. The maximum Gasteiger partial charge on any atom is 0.365 e. The number of rotatable bonds is 5. The van der Waals surface area contributed by atoms with Crippen molar-refractivity contribution in [3.63, 3.8) is 0 Å². The molecule has 0 radical (unpaired) electrons. The van der Waals surface area contributed by atoms with Gasteiger partial charge in [0.15, 0.2) is 11.5 Å². The van der Waals surface area contributed by atoms with E-state index in [1.54, 1.807) is 12.5 Å². The van der Waals surface area contributed by atoms with E-state index in [9.17, 15) is 4.79 Å². The van der Waals surface area contributed by atoms with Crippen LogP contribution in [0.5, 0.6) is 11.5 Å². The van der Waals surface area contributed by atoms with Gasteiger partial charge in [0.05, 0.1) is 12.8 Å². The van der Waals surface area contributed by atoms with Crippen LogP contribution < -0.4 is 9.47 Å². The number of aromatic nitrogens is 1. The first-order valence-corrected chi connectivity index (χ1v) is 6.43. The molecule has 1 aromatic heterocycles. The summed E-state index contributed by atoms with van der Waals surface area (Å²) in [6.07, 6.45) is 0. The molecular weight excluding hydrogens is 266 g/mol. The van der Waals surface area contributed by atoms with Crippen LogP contribution >= 0.6 is 11.3 Å². The zero-order valence-corrected chi connectivity index (χ0v) is 11.4. The number of ether oxygens (including phenoxy) is 2. The smallest absolute Gasteiger partial charge is 0.365 e. The van der Waals surface area contributed by atoms with Gasteiger partial charge < -0.3 is 14.6 Å². The van der Waals surface area contributed by atoms with Crippen LogP contribution in [0.2, 0.25) is 0 Å². The molecule has 19 heavy (non-hydrogen) atoms. The van der Waals surface area contributed by atoms with Gasteiger partial charge in [-0.1, -0.05) is 6.07 Å².